The van der Waals surface area contributed by atoms with Crippen LogP contribution in [0.5, 0.6) is 0 Å². The predicted octanol–water partition coefficient (Wildman–Crippen LogP) is 2.04. The van der Waals surface area contributed by atoms with Crippen molar-refractivity contribution in [2.45, 2.75) is 34.6 Å². The van der Waals surface area contributed by atoms with Crippen molar-refractivity contribution in [3.05, 3.63) is 24.3 Å². The summed E-state index contributed by atoms with van der Waals surface area (Å²) in [7, 11) is 0. The van der Waals surface area contributed by atoms with E-state index in [2.05, 4.69) is 30.4 Å². The molecule has 0 fully saturated rings. The van der Waals surface area contributed by atoms with Gasteiger partial charge in [0.15, 0.2) is 11.5 Å². The minimum Gasteiger partial charge on any atom is -0.741 e. The summed E-state index contributed by atoms with van der Waals surface area (Å²) in [4.78, 5) is 12.3. The van der Waals surface area contributed by atoms with E-state index in [-0.39, 0.29) is 17.1 Å². The van der Waals surface area contributed by atoms with Crippen LogP contribution in [0.4, 0.5) is 0 Å². The van der Waals surface area contributed by atoms with Crippen molar-refractivity contribution in [2.75, 3.05) is 26.2 Å². The van der Waals surface area contributed by atoms with Crippen molar-refractivity contribution in [1.29, 1.82) is 0 Å². The molecule has 0 aliphatic heterocycles. The van der Waals surface area contributed by atoms with E-state index >= 15 is 0 Å². The molecule has 0 N–H and O–H groups in total. The normalized spacial score (nSPS) is 13.2. The molecule has 0 saturated carbocycles. The molecule has 1 aromatic rings. The zero-order chi connectivity index (χ0) is 20.2. The second-order valence-corrected chi connectivity index (χ2v) is 6.05. The first-order valence-electron chi connectivity index (χ1n) is 8.87. The zero-order valence-electron chi connectivity index (χ0n) is 16.8. The maximum atomic E-state index is 5.32. The summed E-state index contributed by atoms with van der Waals surface area (Å²) >= 11 is 10.6. The fourth-order valence-corrected chi connectivity index (χ4v) is 2.67. The zero-order valence-corrected chi connectivity index (χ0v) is 19.3. The van der Waals surface area contributed by atoms with E-state index in [4.69, 9.17) is 25.3 Å². The Hall–Kier alpha value is -1.68. The molecule has 1 radical (unpaired) electrons. The first kappa shape index (κ1) is 26.3. The third-order valence-corrected chi connectivity index (χ3v) is 4.39. The number of hydrogen-bond donors (Lipinski definition) is 0. The summed E-state index contributed by atoms with van der Waals surface area (Å²) in [5, 5.41) is 17.6. The molecule has 0 amide bonds. The summed E-state index contributed by atoms with van der Waals surface area (Å²) in [6.07, 6.45) is 3.26. The van der Waals surface area contributed by atoms with Gasteiger partial charge >= 0.3 is 17.1 Å². The molecule has 0 atom stereocenters. The SMILES string of the molecule is CCN(CC)/C([S-])=N/N=C(/C(C)=N/N=C(\[S-])N(CC)CC)c1ncccn1.[Cu+2]. The van der Waals surface area contributed by atoms with E-state index in [0.717, 1.165) is 26.2 Å². The van der Waals surface area contributed by atoms with Gasteiger partial charge in [-0.15, -0.1) is 5.10 Å². The maximum Gasteiger partial charge on any atom is 2.00 e. The third-order valence-electron chi connectivity index (χ3n) is 3.71. The molecule has 1 heterocycles. The molecule has 0 saturated heterocycles. The van der Waals surface area contributed by atoms with Crippen LogP contribution in [0.25, 0.3) is 0 Å². The molecule has 0 aliphatic rings. The van der Waals surface area contributed by atoms with Crippen molar-refractivity contribution in [1.82, 2.24) is 19.8 Å². The Morgan fingerprint density at radius 2 is 1.25 bits per heavy atom. The third kappa shape index (κ3) is 8.14. The van der Waals surface area contributed by atoms with Crippen LogP contribution >= 0.6 is 0 Å². The Kier molecular flexibility index (Phi) is 13.5. The second-order valence-electron chi connectivity index (χ2n) is 5.32. The molecule has 0 bridgehead atoms. The quantitative estimate of drug-likeness (QED) is 0.190. The summed E-state index contributed by atoms with van der Waals surface area (Å²) < 4.78 is 0. The molecule has 157 valence electrons. The van der Waals surface area contributed by atoms with Crippen LogP contribution in [0.15, 0.2) is 38.9 Å². The molecule has 1 rings (SSSR count). The van der Waals surface area contributed by atoms with Gasteiger partial charge in [-0.1, -0.05) is 0 Å². The monoisotopic (exact) mass is 469 g/mol. The summed E-state index contributed by atoms with van der Waals surface area (Å²) in [5.41, 5.74) is 0.901. The number of nitrogens with zero attached hydrogens (tertiary/aromatic N) is 8. The van der Waals surface area contributed by atoms with Crippen molar-refractivity contribution in [3.8, 4) is 0 Å². The van der Waals surface area contributed by atoms with Crippen LogP contribution in [-0.4, -0.2) is 67.7 Å². The van der Waals surface area contributed by atoms with Crippen molar-refractivity contribution in [3.63, 3.8) is 0 Å². The van der Waals surface area contributed by atoms with Gasteiger partial charge in [-0.2, -0.15) is 15.3 Å². The van der Waals surface area contributed by atoms with Gasteiger partial charge in [-0.3, -0.25) is 0 Å². The van der Waals surface area contributed by atoms with E-state index < -0.39 is 0 Å². The van der Waals surface area contributed by atoms with Crippen molar-refractivity contribution in [2.24, 2.45) is 20.4 Å². The predicted molar refractivity (Wildman–Crippen MR) is 117 cm³/mol. The number of rotatable bonds is 8. The van der Waals surface area contributed by atoms with E-state index in [9.17, 15) is 0 Å². The minimum absolute atomic E-state index is 0. The number of hydrogen-bond acceptors (Lipinski definition) is 8. The summed E-state index contributed by atoms with van der Waals surface area (Å²) in [6.45, 7) is 12.9. The molecule has 28 heavy (non-hydrogen) atoms. The molecular formula is C17H26CuN8S2. The van der Waals surface area contributed by atoms with E-state index in [1.54, 1.807) is 25.4 Å². The smallest absolute Gasteiger partial charge is 0.741 e. The van der Waals surface area contributed by atoms with E-state index in [1.807, 2.05) is 37.5 Å². The van der Waals surface area contributed by atoms with Crippen LogP contribution in [-0.2, 0) is 42.3 Å². The molecule has 0 aliphatic carbocycles. The van der Waals surface area contributed by atoms with Crippen molar-refractivity contribution < 1.29 is 17.1 Å². The Labute approximate surface area is 189 Å². The molecule has 1 aromatic heterocycles. The van der Waals surface area contributed by atoms with Gasteiger partial charge in [0.05, 0.1) is 5.71 Å². The van der Waals surface area contributed by atoms with Gasteiger partial charge in [0.1, 0.15) is 0 Å². The van der Waals surface area contributed by atoms with E-state index in [1.165, 1.54) is 0 Å². The molecule has 11 heteroatoms. The van der Waals surface area contributed by atoms with Crippen LogP contribution in [0.1, 0.15) is 40.4 Å². The topological polar surface area (TPSA) is 81.7 Å². The second kappa shape index (κ2) is 14.3. The fourth-order valence-electron chi connectivity index (χ4n) is 2.07. The Bertz CT molecular complexity index is 698. The fraction of sp³-hybridized carbons (Fsp3) is 0.529. The van der Waals surface area contributed by atoms with Crippen LogP contribution < -0.4 is 0 Å². The summed E-state index contributed by atoms with van der Waals surface area (Å²) in [5.74, 6) is 0.397. The van der Waals surface area contributed by atoms with Gasteiger partial charge < -0.3 is 35.1 Å². The van der Waals surface area contributed by atoms with Gasteiger partial charge in [0.2, 0.25) is 0 Å². The Morgan fingerprint density at radius 3 is 1.68 bits per heavy atom. The first-order valence-corrected chi connectivity index (χ1v) is 9.69. The molecule has 0 spiro atoms. The largest absolute Gasteiger partial charge is 2.00 e. The van der Waals surface area contributed by atoms with E-state index in [0.29, 0.717) is 27.6 Å². The molecule has 0 unspecified atom stereocenters. The van der Waals surface area contributed by atoms with Gasteiger partial charge in [0, 0.05) is 48.9 Å². The first-order chi connectivity index (χ1) is 13.0. The average molecular weight is 470 g/mol. The van der Waals surface area contributed by atoms with Crippen molar-refractivity contribution >= 4 is 47.0 Å². The van der Waals surface area contributed by atoms with Crippen LogP contribution in [0, 0.1) is 0 Å². The summed E-state index contributed by atoms with van der Waals surface area (Å²) in [6, 6.07) is 1.73. The number of amidine groups is 2. The van der Waals surface area contributed by atoms with Gasteiger partial charge in [-0.25, -0.2) is 9.97 Å². The van der Waals surface area contributed by atoms with Crippen LogP contribution in [0.2, 0.25) is 0 Å². The Balaban J connectivity index is 0.00000729. The average Bonchev–Trinajstić information content (AvgIpc) is 2.69. The van der Waals surface area contributed by atoms with Gasteiger partial charge in [0.25, 0.3) is 0 Å². The standard InChI is InChI=1S/C17H28N8S2.Cu/c1-6-24(7-2)16(26)22-20-13(5)14(15-18-11-10-12-19-15)21-23-17(27)25(8-3)9-4;/h10-12H,6-9H2,1-5H3,(H,22,26)(H,23,27);/q;+2/p-2/b20-13+,21-14-;. The minimum atomic E-state index is 0. The molecule has 8 nitrogen and oxygen atoms in total. The molecule has 0 aromatic carbocycles. The van der Waals surface area contributed by atoms with Gasteiger partial charge in [-0.05, 0) is 40.7 Å². The van der Waals surface area contributed by atoms with Crippen LogP contribution in [0.3, 0.4) is 0 Å². The molecular weight excluding hydrogens is 444 g/mol. The Morgan fingerprint density at radius 1 is 0.821 bits per heavy atom. The maximum absolute atomic E-state index is 5.32. The number of aromatic nitrogens is 2.